The van der Waals surface area contributed by atoms with Gasteiger partial charge in [-0.25, -0.2) is 9.37 Å². The van der Waals surface area contributed by atoms with Crippen LogP contribution in [-0.2, 0) is 17.9 Å². The molecule has 3 rings (SSSR count). The normalized spacial score (nSPS) is 11.1. The lowest BCUT2D eigenvalue weighted by Gasteiger charge is -2.09. The van der Waals surface area contributed by atoms with Crippen molar-refractivity contribution in [1.29, 1.82) is 0 Å². The first-order valence-electron chi connectivity index (χ1n) is 7.82. The van der Waals surface area contributed by atoms with Gasteiger partial charge in [-0.2, -0.15) is 0 Å². The van der Waals surface area contributed by atoms with Gasteiger partial charge in [0.1, 0.15) is 29.7 Å². The predicted octanol–water partition coefficient (Wildman–Crippen LogP) is 3.50. The molecule has 0 fully saturated rings. The summed E-state index contributed by atoms with van der Waals surface area (Å²) in [6, 6.07) is 11.3. The van der Waals surface area contributed by atoms with Crippen LogP contribution in [0.25, 0.3) is 11.0 Å². The van der Waals surface area contributed by atoms with Gasteiger partial charge >= 0.3 is 0 Å². The largest absolute Gasteiger partial charge is 0.457 e. The van der Waals surface area contributed by atoms with E-state index in [1.165, 1.54) is 12.1 Å². The number of aliphatic hydroxyl groups is 1. The summed E-state index contributed by atoms with van der Waals surface area (Å²) in [5.74, 6) is 1.46. The number of imidazole rings is 1. The minimum atomic E-state index is -0.306. The maximum Gasteiger partial charge on any atom is 0.135 e. The second-order valence-electron chi connectivity index (χ2n) is 5.24. The van der Waals surface area contributed by atoms with Crippen molar-refractivity contribution < 1.29 is 19.0 Å². The van der Waals surface area contributed by atoms with Crippen molar-refractivity contribution in [2.75, 3.05) is 13.2 Å². The topological polar surface area (TPSA) is 56.5 Å². The summed E-state index contributed by atoms with van der Waals surface area (Å²) in [5, 5.41) is 9.52. The summed E-state index contributed by atoms with van der Waals surface area (Å²) in [7, 11) is 0. The van der Waals surface area contributed by atoms with Crippen LogP contribution in [-0.4, -0.2) is 27.9 Å². The Bertz CT molecular complexity index is 815. The Labute approximate surface area is 139 Å². The van der Waals surface area contributed by atoms with Crippen LogP contribution in [0.5, 0.6) is 11.5 Å². The van der Waals surface area contributed by atoms with E-state index in [-0.39, 0.29) is 12.4 Å². The van der Waals surface area contributed by atoms with E-state index in [0.717, 1.165) is 11.0 Å². The zero-order valence-corrected chi connectivity index (χ0v) is 13.4. The number of benzene rings is 2. The summed E-state index contributed by atoms with van der Waals surface area (Å²) >= 11 is 0. The van der Waals surface area contributed by atoms with Crippen molar-refractivity contribution in [3.05, 3.63) is 54.1 Å². The van der Waals surface area contributed by atoms with Gasteiger partial charge in [-0.3, -0.25) is 0 Å². The highest BCUT2D eigenvalue weighted by Gasteiger charge is 2.11. The third kappa shape index (κ3) is 3.55. The predicted molar refractivity (Wildman–Crippen MR) is 88.6 cm³/mol. The third-order valence-electron chi connectivity index (χ3n) is 3.65. The van der Waals surface area contributed by atoms with E-state index in [1.54, 1.807) is 18.2 Å². The van der Waals surface area contributed by atoms with Gasteiger partial charge in [-0.15, -0.1) is 0 Å². The number of rotatable bonds is 7. The Balaban J connectivity index is 1.90. The summed E-state index contributed by atoms with van der Waals surface area (Å²) in [6.45, 7) is 3.57. The van der Waals surface area contributed by atoms with Gasteiger partial charge in [0.2, 0.25) is 0 Å². The molecule has 1 heterocycles. The smallest absolute Gasteiger partial charge is 0.135 e. The van der Waals surface area contributed by atoms with Crippen LogP contribution in [0, 0.1) is 5.82 Å². The Kier molecular flexibility index (Phi) is 5.08. The Morgan fingerprint density at radius 3 is 2.58 bits per heavy atom. The number of halogens is 1. The molecule has 5 nitrogen and oxygen atoms in total. The monoisotopic (exact) mass is 330 g/mol. The molecule has 0 saturated carbocycles. The second-order valence-corrected chi connectivity index (χ2v) is 5.24. The molecule has 1 N–H and O–H groups in total. The Hall–Kier alpha value is -2.44. The van der Waals surface area contributed by atoms with Crippen molar-refractivity contribution in [1.82, 2.24) is 9.55 Å². The minimum absolute atomic E-state index is 0.144. The Morgan fingerprint density at radius 2 is 1.88 bits per heavy atom. The molecule has 0 spiro atoms. The molecular formula is C18H19FN2O3. The highest BCUT2D eigenvalue weighted by atomic mass is 19.1. The molecule has 0 amide bonds. The first-order valence-corrected chi connectivity index (χ1v) is 7.82. The molecule has 0 saturated heterocycles. The van der Waals surface area contributed by atoms with Crippen molar-refractivity contribution in [3.8, 4) is 11.5 Å². The third-order valence-corrected chi connectivity index (χ3v) is 3.65. The van der Waals surface area contributed by atoms with Gasteiger partial charge < -0.3 is 19.1 Å². The van der Waals surface area contributed by atoms with Crippen molar-refractivity contribution >= 4 is 11.0 Å². The van der Waals surface area contributed by atoms with Gasteiger partial charge in [0, 0.05) is 19.2 Å². The summed E-state index contributed by atoms with van der Waals surface area (Å²) < 4.78 is 26.1. The van der Waals surface area contributed by atoms with Crippen LogP contribution in [0.2, 0.25) is 0 Å². The molecule has 0 aliphatic carbocycles. The molecule has 2 aromatic carbocycles. The van der Waals surface area contributed by atoms with Crippen LogP contribution in [0.15, 0.2) is 42.5 Å². The van der Waals surface area contributed by atoms with E-state index in [4.69, 9.17) is 9.47 Å². The van der Waals surface area contributed by atoms with E-state index >= 15 is 0 Å². The molecular weight excluding hydrogens is 311 g/mol. The van der Waals surface area contributed by atoms with Gasteiger partial charge in [-0.1, -0.05) is 0 Å². The van der Waals surface area contributed by atoms with E-state index in [2.05, 4.69) is 4.98 Å². The number of aromatic nitrogens is 2. The van der Waals surface area contributed by atoms with Crippen molar-refractivity contribution in [2.24, 2.45) is 0 Å². The fraction of sp³-hybridized carbons (Fsp3) is 0.278. The average Bonchev–Trinajstić information content (AvgIpc) is 2.94. The van der Waals surface area contributed by atoms with Crippen molar-refractivity contribution in [2.45, 2.75) is 20.1 Å². The zero-order chi connectivity index (χ0) is 16.9. The molecule has 0 radical (unpaired) electrons. The van der Waals surface area contributed by atoms with Crippen LogP contribution >= 0.6 is 0 Å². The fourth-order valence-corrected chi connectivity index (χ4v) is 2.53. The average molecular weight is 330 g/mol. The number of hydrogen-bond acceptors (Lipinski definition) is 4. The SMILES string of the molecule is CCOCCn1c(CO)nc2ccc(Oc3ccc(F)cc3)cc21. The maximum atomic E-state index is 13.0. The molecule has 3 aromatic rings. The van der Waals surface area contributed by atoms with Crippen LogP contribution in [0.1, 0.15) is 12.7 Å². The maximum absolute atomic E-state index is 13.0. The van der Waals surface area contributed by atoms with Gasteiger partial charge in [-0.05, 0) is 43.3 Å². The summed E-state index contributed by atoms with van der Waals surface area (Å²) in [4.78, 5) is 4.42. The highest BCUT2D eigenvalue weighted by Crippen LogP contribution is 2.26. The molecule has 0 unspecified atom stereocenters. The number of hydrogen-bond donors (Lipinski definition) is 1. The van der Waals surface area contributed by atoms with E-state index in [1.807, 2.05) is 23.6 Å². The minimum Gasteiger partial charge on any atom is -0.457 e. The standard InChI is InChI=1S/C18H19FN2O3/c1-2-23-10-9-21-17-11-15(7-8-16(17)20-18(21)12-22)24-14-5-3-13(19)4-6-14/h3-8,11,22H,2,9-10,12H2,1H3. The summed E-state index contributed by atoms with van der Waals surface area (Å²) in [5.41, 5.74) is 1.64. The molecule has 0 aliphatic heterocycles. The number of aliphatic hydroxyl groups excluding tert-OH is 1. The van der Waals surface area contributed by atoms with Gasteiger partial charge in [0.25, 0.3) is 0 Å². The van der Waals surface area contributed by atoms with Gasteiger partial charge in [0.05, 0.1) is 17.6 Å². The van der Waals surface area contributed by atoms with E-state index in [9.17, 15) is 9.50 Å². The number of fused-ring (bicyclic) bond motifs is 1. The van der Waals surface area contributed by atoms with E-state index in [0.29, 0.717) is 37.1 Å². The molecule has 1 aromatic heterocycles. The van der Waals surface area contributed by atoms with Crippen LogP contribution in [0.3, 0.4) is 0 Å². The molecule has 24 heavy (non-hydrogen) atoms. The lowest BCUT2D eigenvalue weighted by Crippen LogP contribution is -2.09. The van der Waals surface area contributed by atoms with Crippen molar-refractivity contribution in [3.63, 3.8) is 0 Å². The Morgan fingerprint density at radius 1 is 1.12 bits per heavy atom. The lowest BCUT2D eigenvalue weighted by atomic mass is 10.3. The molecule has 0 aliphatic rings. The van der Waals surface area contributed by atoms with Crippen LogP contribution < -0.4 is 4.74 Å². The quantitative estimate of drug-likeness (QED) is 0.674. The second kappa shape index (κ2) is 7.42. The molecule has 0 atom stereocenters. The first kappa shape index (κ1) is 16.4. The van der Waals surface area contributed by atoms with E-state index < -0.39 is 0 Å². The molecule has 0 bridgehead atoms. The van der Waals surface area contributed by atoms with Crippen LogP contribution in [0.4, 0.5) is 4.39 Å². The summed E-state index contributed by atoms with van der Waals surface area (Å²) in [6.07, 6.45) is 0. The molecule has 126 valence electrons. The number of ether oxygens (including phenoxy) is 2. The zero-order valence-electron chi connectivity index (χ0n) is 13.4. The number of nitrogens with zero attached hydrogens (tertiary/aromatic N) is 2. The fourth-order valence-electron chi connectivity index (χ4n) is 2.53. The lowest BCUT2D eigenvalue weighted by molar-refractivity contribution is 0.137. The van der Waals surface area contributed by atoms with Gasteiger partial charge in [0.15, 0.2) is 0 Å². The first-order chi connectivity index (χ1) is 11.7. The molecule has 6 heteroatoms. The highest BCUT2D eigenvalue weighted by molar-refractivity contribution is 5.78.